The molecular formula is C23H20ClN3O7. The molecule has 2 aromatic rings. The number of nitrogens with zero attached hydrogens (tertiary/aromatic N) is 2. The molecule has 0 aliphatic carbocycles. The van der Waals surface area contributed by atoms with Crippen molar-refractivity contribution in [1.29, 1.82) is 0 Å². The molecule has 34 heavy (non-hydrogen) atoms. The number of halogens is 1. The lowest BCUT2D eigenvalue weighted by molar-refractivity contribution is -0.144. The van der Waals surface area contributed by atoms with Crippen LogP contribution in [0.4, 0.5) is 5.69 Å². The van der Waals surface area contributed by atoms with Crippen LogP contribution in [-0.4, -0.2) is 48.1 Å². The average molecular weight is 486 g/mol. The first kappa shape index (κ1) is 23.1. The van der Waals surface area contributed by atoms with Gasteiger partial charge in [-0.1, -0.05) is 17.7 Å². The summed E-state index contributed by atoms with van der Waals surface area (Å²) in [4.78, 5) is 52.1. The number of hydrogen-bond donors (Lipinski definition) is 1. The number of allylic oxidation sites excluding steroid dienone is 1. The van der Waals surface area contributed by atoms with E-state index in [0.29, 0.717) is 22.3 Å². The Morgan fingerprint density at radius 1 is 1.18 bits per heavy atom. The van der Waals surface area contributed by atoms with Crippen LogP contribution in [0, 0.1) is 0 Å². The molecule has 0 spiro atoms. The smallest absolute Gasteiger partial charge is 0.276 e. The molecule has 2 aliphatic rings. The van der Waals surface area contributed by atoms with E-state index in [0.717, 1.165) is 9.91 Å². The molecule has 0 saturated carbocycles. The molecular weight excluding hydrogens is 466 g/mol. The van der Waals surface area contributed by atoms with Crippen LogP contribution in [0.5, 0.6) is 17.2 Å². The Balaban J connectivity index is 1.49. The number of amides is 4. The molecule has 1 N–H and O–H groups in total. The number of rotatable bonds is 6. The molecule has 1 fully saturated rings. The third-order valence-electron chi connectivity index (χ3n) is 5.02. The van der Waals surface area contributed by atoms with Gasteiger partial charge in [-0.25, -0.2) is 9.91 Å². The third kappa shape index (κ3) is 4.81. The first-order valence-electron chi connectivity index (χ1n) is 10.3. The summed E-state index contributed by atoms with van der Waals surface area (Å²) >= 11 is 5.83. The van der Waals surface area contributed by atoms with E-state index in [9.17, 15) is 19.2 Å². The van der Waals surface area contributed by atoms with Gasteiger partial charge in [0.05, 0.1) is 12.1 Å². The summed E-state index contributed by atoms with van der Waals surface area (Å²) in [5.74, 6) is -1.25. The Morgan fingerprint density at radius 3 is 2.65 bits per heavy atom. The lowest BCUT2D eigenvalue weighted by atomic mass is 10.2. The van der Waals surface area contributed by atoms with Crippen LogP contribution in [0.15, 0.2) is 54.6 Å². The standard InChI is InChI=1S/C23H20ClN3O7/c1-2-3-21(29)27(25-20(28)12-32-16-7-4-14(24)5-8-16)17-11-22(30)26(23(17)31)15-6-9-18-19(10-15)34-13-33-18/h2-10,17H,11-13H2,1H3,(H,25,28). The largest absolute Gasteiger partial charge is 0.484 e. The van der Waals surface area contributed by atoms with Gasteiger partial charge in [0.1, 0.15) is 11.8 Å². The van der Waals surface area contributed by atoms with Gasteiger partial charge in [-0.3, -0.25) is 24.6 Å². The van der Waals surface area contributed by atoms with Crippen LogP contribution < -0.4 is 24.5 Å². The Kier molecular flexibility index (Phi) is 6.69. The van der Waals surface area contributed by atoms with Crippen LogP contribution in [0.25, 0.3) is 0 Å². The first-order chi connectivity index (χ1) is 16.4. The summed E-state index contributed by atoms with van der Waals surface area (Å²) in [5.41, 5.74) is 2.66. The molecule has 2 aliphatic heterocycles. The van der Waals surface area contributed by atoms with Crippen LogP contribution >= 0.6 is 11.6 Å². The minimum absolute atomic E-state index is 0.0407. The maximum absolute atomic E-state index is 13.2. The van der Waals surface area contributed by atoms with Gasteiger partial charge in [-0.15, -0.1) is 0 Å². The van der Waals surface area contributed by atoms with E-state index in [4.69, 9.17) is 25.8 Å². The molecule has 0 radical (unpaired) electrons. The fourth-order valence-electron chi connectivity index (χ4n) is 3.47. The lowest BCUT2D eigenvalue weighted by Gasteiger charge is -2.26. The fraction of sp³-hybridized carbons (Fsp3) is 0.217. The molecule has 1 saturated heterocycles. The summed E-state index contributed by atoms with van der Waals surface area (Å²) < 4.78 is 16.0. The van der Waals surface area contributed by atoms with Crippen LogP contribution in [0.2, 0.25) is 5.02 Å². The summed E-state index contributed by atoms with van der Waals surface area (Å²) in [6.45, 7) is 1.23. The van der Waals surface area contributed by atoms with E-state index in [2.05, 4.69) is 5.43 Å². The van der Waals surface area contributed by atoms with Gasteiger partial charge in [-0.05, 0) is 43.3 Å². The van der Waals surface area contributed by atoms with Crippen LogP contribution in [0.1, 0.15) is 13.3 Å². The number of anilines is 1. The molecule has 4 amide bonds. The predicted molar refractivity (Wildman–Crippen MR) is 120 cm³/mol. The minimum atomic E-state index is -1.24. The number of carbonyl (C=O) groups is 4. The van der Waals surface area contributed by atoms with Gasteiger partial charge in [0, 0.05) is 17.2 Å². The first-order valence-corrected chi connectivity index (χ1v) is 10.7. The van der Waals surface area contributed by atoms with E-state index in [1.165, 1.54) is 18.2 Å². The van der Waals surface area contributed by atoms with Crippen molar-refractivity contribution in [3.8, 4) is 17.2 Å². The molecule has 176 valence electrons. The second kappa shape index (κ2) is 9.84. The Bertz CT molecular complexity index is 1170. The Morgan fingerprint density at radius 2 is 1.91 bits per heavy atom. The zero-order valence-corrected chi connectivity index (χ0v) is 18.8. The predicted octanol–water partition coefficient (Wildman–Crippen LogP) is 2.22. The van der Waals surface area contributed by atoms with Crippen molar-refractivity contribution in [2.75, 3.05) is 18.3 Å². The van der Waals surface area contributed by atoms with Crippen LogP contribution in [0.3, 0.4) is 0 Å². The SMILES string of the molecule is CC=CC(=O)N(NC(=O)COc1ccc(Cl)cc1)C1CC(=O)N(c2ccc3c(c2)OCO3)C1=O. The van der Waals surface area contributed by atoms with Gasteiger partial charge < -0.3 is 14.2 Å². The number of hydrogen-bond acceptors (Lipinski definition) is 7. The molecule has 10 nitrogen and oxygen atoms in total. The summed E-state index contributed by atoms with van der Waals surface area (Å²) in [7, 11) is 0. The number of benzene rings is 2. The molecule has 1 atom stereocenters. The molecule has 0 aromatic heterocycles. The maximum atomic E-state index is 13.2. The van der Waals surface area contributed by atoms with Gasteiger partial charge in [0.15, 0.2) is 18.1 Å². The van der Waals surface area contributed by atoms with Crippen molar-refractivity contribution in [2.45, 2.75) is 19.4 Å². The second-order valence-corrected chi connectivity index (χ2v) is 7.75. The highest BCUT2D eigenvalue weighted by Gasteiger charge is 2.45. The van der Waals surface area contributed by atoms with Crippen molar-refractivity contribution in [2.24, 2.45) is 0 Å². The monoisotopic (exact) mass is 485 g/mol. The zero-order valence-electron chi connectivity index (χ0n) is 18.0. The summed E-state index contributed by atoms with van der Waals surface area (Å²) in [6.07, 6.45) is 2.33. The molecule has 0 bridgehead atoms. The second-order valence-electron chi connectivity index (χ2n) is 7.31. The number of fused-ring (bicyclic) bond motifs is 1. The summed E-state index contributed by atoms with van der Waals surface area (Å²) in [6, 6.07) is 9.78. The fourth-order valence-corrected chi connectivity index (χ4v) is 3.59. The number of ether oxygens (including phenoxy) is 3. The van der Waals surface area contributed by atoms with Gasteiger partial charge in [0.2, 0.25) is 12.7 Å². The molecule has 4 rings (SSSR count). The molecule has 2 aromatic carbocycles. The Labute approximate surface area is 199 Å². The number of imide groups is 1. The number of hydrazine groups is 1. The van der Waals surface area contributed by atoms with Gasteiger partial charge in [0.25, 0.3) is 17.7 Å². The van der Waals surface area contributed by atoms with Crippen molar-refractivity contribution < 1.29 is 33.4 Å². The number of nitrogens with one attached hydrogen (secondary N) is 1. The topological polar surface area (TPSA) is 114 Å². The number of carbonyl (C=O) groups excluding carboxylic acids is 4. The lowest BCUT2D eigenvalue weighted by Crippen LogP contribution is -2.55. The highest BCUT2D eigenvalue weighted by atomic mass is 35.5. The van der Waals surface area contributed by atoms with Crippen LogP contribution in [-0.2, 0) is 19.2 Å². The van der Waals surface area contributed by atoms with Gasteiger partial charge in [-0.2, -0.15) is 0 Å². The van der Waals surface area contributed by atoms with Gasteiger partial charge >= 0.3 is 0 Å². The van der Waals surface area contributed by atoms with Crippen molar-refractivity contribution in [3.63, 3.8) is 0 Å². The Hall–Kier alpha value is -4.05. The van der Waals surface area contributed by atoms with E-state index in [1.54, 1.807) is 43.3 Å². The van der Waals surface area contributed by atoms with E-state index < -0.39 is 36.3 Å². The highest BCUT2D eigenvalue weighted by molar-refractivity contribution is 6.30. The molecule has 2 heterocycles. The highest BCUT2D eigenvalue weighted by Crippen LogP contribution is 2.37. The quantitative estimate of drug-likeness (QED) is 0.379. The molecule has 11 heteroatoms. The normalized spacial score (nSPS) is 16.8. The van der Waals surface area contributed by atoms with Crippen molar-refractivity contribution >= 4 is 40.9 Å². The average Bonchev–Trinajstić information content (AvgIpc) is 3.40. The third-order valence-corrected chi connectivity index (χ3v) is 5.28. The van der Waals surface area contributed by atoms with Crippen molar-refractivity contribution in [3.05, 3.63) is 59.6 Å². The molecule has 1 unspecified atom stereocenters. The maximum Gasteiger partial charge on any atom is 0.276 e. The summed E-state index contributed by atoms with van der Waals surface area (Å²) in [5, 5.41) is 1.36. The van der Waals surface area contributed by atoms with E-state index in [-0.39, 0.29) is 18.9 Å². The van der Waals surface area contributed by atoms with E-state index in [1.807, 2.05) is 0 Å². The van der Waals surface area contributed by atoms with Crippen molar-refractivity contribution in [1.82, 2.24) is 10.4 Å². The minimum Gasteiger partial charge on any atom is -0.484 e. The van der Waals surface area contributed by atoms with E-state index >= 15 is 0 Å². The zero-order chi connectivity index (χ0) is 24.2.